The van der Waals surface area contributed by atoms with Crippen molar-refractivity contribution >= 4 is 58.0 Å². The Morgan fingerprint density at radius 1 is 0.966 bits per heavy atom. The number of aromatic nitrogens is 5. The van der Waals surface area contributed by atoms with E-state index in [0.717, 1.165) is 49.0 Å². The molecule has 0 radical (unpaired) electrons. The second-order valence-electron chi connectivity index (χ2n) is 14.3. The van der Waals surface area contributed by atoms with Crippen molar-refractivity contribution in [2.75, 3.05) is 80.3 Å². The Labute approximate surface area is 339 Å². The lowest BCUT2D eigenvalue weighted by Gasteiger charge is -2.35. The zero-order chi connectivity index (χ0) is 40.9. The number of piperazine rings is 1. The largest absolute Gasteiger partial charge is 0.382 e. The van der Waals surface area contributed by atoms with E-state index in [0.29, 0.717) is 60.7 Å². The van der Waals surface area contributed by atoms with Crippen LogP contribution in [0.15, 0.2) is 85.7 Å². The highest BCUT2D eigenvalue weighted by molar-refractivity contribution is 6.25. The first kappa shape index (κ1) is 38.9. The average Bonchev–Trinajstić information content (AvgIpc) is 3.82. The molecule has 2 saturated heterocycles. The van der Waals surface area contributed by atoms with E-state index in [1.54, 1.807) is 35.6 Å². The minimum Gasteiger partial charge on any atom is -0.382 e. The lowest BCUT2D eigenvalue weighted by molar-refractivity contribution is -0.136. The van der Waals surface area contributed by atoms with E-state index in [-0.39, 0.29) is 24.0 Å². The van der Waals surface area contributed by atoms with E-state index in [9.17, 15) is 19.2 Å². The number of hydrazine groups is 1. The first-order chi connectivity index (χ1) is 28.7. The number of benzene rings is 2. The van der Waals surface area contributed by atoms with Crippen molar-refractivity contribution < 1.29 is 23.9 Å². The molecule has 8 rings (SSSR count). The number of hydrogen-bond acceptors (Lipinski definition) is 16. The van der Waals surface area contributed by atoms with Crippen LogP contribution in [0.3, 0.4) is 0 Å². The van der Waals surface area contributed by atoms with Crippen molar-refractivity contribution in [2.45, 2.75) is 18.9 Å². The van der Waals surface area contributed by atoms with Crippen LogP contribution in [0.4, 0.5) is 28.7 Å². The van der Waals surface area contributed by atoms with Gasteiger partial charge in [-0.25, -0.2) is 20.8 Å². The quantitative estimate of drug-likeness (QED) is 0.0440. The van der Waals surface area contributed by atoms with E-state index in [2.05, 4.69) is 52.8 Å². The normalized spacial score (nSPS) is 17.2. The van der Waals surface area contributed by atoms with E-state index >= 15 is 0 Å². The lowest BCUT2D eigenvalue weighted by Crippen LogP contribution is -2.54. The number of rotatable bonds is 15. The highest BCUT2D eigenvalue weighted by atomic mass is 16.5. The van der Waals surface area contributed by atoms with Gasteiger partial charge < -0.3 is 35.4 Å². The molecule has 3 aromatic heterocycles. The number of nitrogens with two attached hydrogens (primary N) is 2. The number of nitrogen functional groups attached to an aromatic ring is 1. The molecule has 0 saturated carbocycles. The van der Waals surface area contributed by atoms with Crippen LogP contribution in [0.25, 0.3) is 17.0 Å². The smallest absolute Gasteiger partial charge is 0.264 e. The van der Waals surface area contributed by atoms with Crippen LogP contribution in [0.1, 0.15) is 33.6 Å². The first-order valence-corrected chi connectivity index (χ1v) is 19.3. The predicted molar refractivity (Wildman–Crippen MR) is 219 cm³/mol. The molecule has 6 heterocycles. The Balaban J connectivity index is 0.737. The van der Waals surface area contributed by atoms with Gasteiger partial charge in [0.1, 0.15) is 23.2 Å². The molecule has 19 heteroatoms. The molecule has 2 aromatic carbocycles. The SMILES string of the molecule is Nc1cncc(-c2cn3ccnc3c(Nc3ccc(N4CCN(C/C=C/N(N)CCOCCNc5cccc6c5C(=O)N(C5CCC(=O)NC5=O)C6=O)CC4)cc3)n2)n1. The number of fused-ring (bicyclic) bond motifs is 2. The summed E-state index contributed by atoms with van der Waals surface area (Å²) in [7, 11) is 0. The Hall–Kier alpha value is -6.96. The number of piperidine rings is 1. The fourth-order valence-corrected chi connectivity index (χ4v) is 7.32. The molecule has 59 heavy (non-hydrogen) atoms. The second-order valence-corrected chi connectivity index (χ2v) is 14.3. The summed E-state index contributed by atoms with van der Waals surface area (Å²) in [5.41, 5.74) is 10.7. The van der Waals surface area contributed by atoms with Crippen molar-refractivity contribution in [1.82, 2.24) is 44.5 Å². The van der Waals surface area contributed by atoms with Gasteiger partial charge in [0, 0.05) is 87.5 Å². The number of ether oxygens (including phenoxy) is 1. The topological polar surface area (TPSA) is 235 Å². The molecule has 304 valence electrons. The van der Waals surface area contributed by atoms with Gasteiger partial charge >= 0.3 is 0 Å². The van der Waals surface area contributed by atoms with Crippen LogP contribution in [0.5, 0.6) is 0 Å². The van der Waals surface area contributed by atoms with Crippen molar-refractivity contribution in [3.8, 4) is 11.4 Å². The van der Waals surface area contributed by atoms with Crippen LogP contribution >= 0.6 is 0 Å². The van der Waals surface area contributed by atoms with Gasteiger partial charge in [0.2, 0.25) is 11.8 Å². The summed E-state index contributed by atoms with van der Waals surface area (Å²) in [5.74, 6) is 4.93. The van der Waals surface area contributed by atoms with E-state index < -0.39 is 29.7 Å². The molecule has 1 atom stereocenters. The molecule has 0 aliphatic carbocycles. The summed E-state index contributed by atoms with van der Waals surface area (Å²) < 4.78 is 7.65. The molecule has 0 bridgehead atoms. The molecule has 7 N–H and O–H groups in total. The van der Waals surface area contributed by atoms with Crippen LogP contribution in [0.2, 0.25) is 0 Å². The third kappa shape index (κ3) is 8.66. The van der Waals surface area contributed by atoms with Gasteiger partial charge in [0.05, 0.1) is 43.3 Å². The maximum Gasteiger partial charge on any atom is 0.264 e. The summed E-state index contributed by atoms with van der Waals surface area (Å²) >= 11 is 0. The molecule has 4 amide bonds. The second kappa shape index (κ2) is 17.3. The van der Waals surface area contributed by atoms with Crippen molar-refractivity contribution in [3.05, 3.63) is 96.9 Å². The number of imidazole rings is 1. The number of imide groups is 2. The molecule has 1 unspecified atom stereocenters. The minimum atomic E-state index is -1.02. The zero-order valence-corrected chi connectivity index (χ0v) is 32.2. The Kier molecular flexibility index (Phi) is 11.4. The third-order valence-corrected chi connectivity index (χ3v) is 10.3. The number of nitrogens with zero attached hydrogens (tertiary/aromatic N) is 9. The molecule has 5 aromatic rings. The van der Waals surface area contributed by atoms with E-state index in [1.807, 2.05) is 41.2 Å². The van der Waals surface area contributed by atoms with Crippen LogP contribution < -0.4 is 32.4 Å². The van der Waals surface area contributed by atoms with Crippen LogP contribution in [-0.4, -0.2) is 128 Å². The predicted octanol–water partition coefficient (Wildman–Crippen LogP) is 1.85. The molecule has 0 spiro atoms. The maximum absolute atomic E-state index is 13.3. The number of anilines is 5. The molecule has 3 aliphatic rings. The summed E-state index contributed by atoms with van der Waals surface area (Å²) in [6, 6.07) is 12.2. The fourth-order valence-electron chi connectivity index (χ4n) is 7.32. The number of amides is 4. The van der Waals surface area contributed by atoms with Crippen LogP contribution in [0, 0.1) is 0 Å². The van der Waals surface area contributed by atoms with Gasteiger partial charge in [-0.2, -0.15) is 0 Å². The first-order valence-electron chi connectivity index (χ1n) is 19.3. The van der Waals surface area contributed by atoms with Crippen LogP contribution in [-0.2, 0) is 14.3 Å². The van der Waals surface area contributed by atoms with Crippen molar-refractivity contribution in [3.63, 3.8) is 0 Å². The molecular formula is C40H44N14O5. The number of nitrogens with one attached hydrogen (secondary N) is 3. The van der Waals surface area contributed by atoms with Gasteiger partial charge in [0.15, 0.2) is 11.5 Å². The van der Waals surface area contributed by atoms with Crippen molar-refractivity contribution in [1.29, 1.82) is 0 Å². The minimum absolute atomic E-state index is 0.0640. The Bertz CT molecular complexity index is 2390. The molecule has 3 aliphatic heterocycles. The summed E-state index contributed by atoms with van der Waals surface area (Å²) in [6.45, 7) is 5.96. The van der Waals surface area contributed by atoms with Crippen molar-refractivity contribution in [2.24, 2.45) is 5.84 Å². The van der Waals surface area contributed by atoms with Gasteiger partial charge in [0.25, 0.3) is 11.8 Å². The van der Waals surface area contributed by atoms with Gasteiger partial charge in [-0.05, 0) is 42.8 Å². The third-order valence-electron chi connectivity index (χ3n) is 10.3. The fraction of sp³-hybridized carbons (Fsp3) is 0.300. The Morgan fingerprint density at radius 3 is 2.59 bits per heavy atom. The zero-order valence-electron chi connectivity index (χ0n) is 32.2. The van der Waals surface area contributed by atoms with Gasteiger partial charge in [-0.1, -0.05) is 12.1 Å². The summed E-state index contributed by atoms with van der Waals surface area (Å²) in [5, 5.41) is 10.4. The Morgan fingerprint density at radius 2 is 1.80 bits per heavy atom. The highest BCUT2D eigenvalue weighted by Crippen LogP contribution is 2.32. The highest BCUT2D eigenvalue weighted by Gasteiger charge is 2.45. The summed E-state index contributed by atoms with van der Waals surface area (Å²) in [6.07, 6.45) is 12.6. The molecule has 19 nitrogen and oxygen atoms in total. The maximum atomic E-state index is 13.3. The van der Waals surface area contributed by atoms with E-state index in [4.69, 9.17) is 21.3 Å². The monoisotopic (exact) mass is 800 g/mol. The van der Waals surface area contributed by atoms with Gasteiger partial charge in [-0.3, -0.25) is 39.3 Å². The molecular weight excluding hydrogens is 757 g/mol. The van der Waals surface area contributed by atoms with Gasteiger partial charge in [-0.15, -0.1) is 0 Å². The standard InChI is InChI=1S/C40H44N14O5/c41-33-24-43-23-30(47-33)31-25-52-15-11-45-37(52)36(48-31)46-26-5-7-27(8-6-26)51-18-16-50(17-19-51)13-2-14-53(42)20-22-59-21-12-44-29-4-1-3-28-35(29)40(58)54(39(28)57)32-9-10-34(55)49-38(32)56/h1-8,11,14-15,23-25,32,44H,9-10,12-13,16-22,42H2,(H2,41,47)(H,46,48)(H,49,55,56)/b14-2+. The number of carbonyl (C=O) groups is 4. The number of hydrogen-bond donors (Lipinski definition) is 5. The van der Waals surface area contributed by atoms with E-state index in [1.165, 1.54) is 6.20 Å². The lowest BCUT2D eigenvalue weighted by atomic mass is 10.0. The number of carbonyl (C=O) groups excluding carboxylic acids is 4. The molecule has 2 fully saturated rings. The summed E-state index contributed by atoms with van der Waals surface area (Å²) in [4.78, 5) is 73.8. The average molecular weight is 801 g/mol.